The molecule has 0 N–H and O–H groups in total. The smallest absolute Gasteiger partial charge is 0.336 e. The summed E-state index contributed by atoms with van der Waals surface area (Å²) in [5.41, 5.74) is 1.10. The molecule has 0 radical (unpaired) electrons. The lowest BCUT2D eigenvalue weighted by Crippen LogP contribution is -2.12. The van der Waals surface area contributed by atoms with Gasteiger partial charge in [-0.1, -0.05) is 30.4 Å². The average Bonchev–Trinajstić information content (AvgIpc) is 2.69. The van der Waals surface area contributed by atoms with E-state index in [0.717, 1.165) is 47.6 Å². The summed E-state index contributed by atoms with van der Waals surface area (Å²) < 4.78 is 38.1. The first kappa shape index (κ1) is 21.1. The highest BCUT2D eigenvalue weighted by Gasteiger charge is 2.28. The first-order chi connectivity index (χ1) is 13.8. The molecular formula is C23H22F2O3S. The number of aryl methyl sites for hydroxylation is 2. The van der Waals surface area contributed by atoms with Crippen molar-refractivity contribution in [2.75, 3.05) is 7.11 Å². The number of ether oxygens (including phenoxy) is 1. The molecule has 1 aromatic heterocycles. The fourth-order valence-electron chi connectivity index (χ4n) is 3.25. The summed E-state index contributed by atoms with van der Waals surface area (Å²) in [7, 11) is 1.64. The summed E-state index contributed by atoms with van der Waals surface area (Å²) in [6, 6.07) is 13.8. The Kier molecular flexibility index (Phi) is 6.42. The van der Waals surface area contributed by atoms with Crippen molar-refractivity contribution in [2.24, 2.45) is 0 Å². The van der Waals surface area contributed by atoms with Crippen molar-refractivity contribution in [3.05, 3.63) is 75.6 Å². The number of methoxy groups -OCH3 is 1. The van der Waals surface area contributed by atoms with Crippen LogP contribution in [0.15, 0.2) is 57.7 Å². The number of hydrogen-bond donors (Lipinski definition) is 0. The summed E-state index contributed by atoms with van der Waals surface area (Å²) in [4.78, 5) is 12.5. The van der Waals surface area contributed by atoms with Crippen LogP contribution in [0.1, 0.15) is 36.5 Å². The fourth-order valence-corrected chi connectivity index (χ4v) is 3.45. The molecule has 0 saturated carbocycles. The summed E-state index contributed by atoms with van der Waals surface area (Å²) in [5, 5.41) is 0.261. The maximum atomic E-state index is 13.9. The van der Waals surface area contributed by atoms with Crippen LogP contribution in [0.3, 0.4) is 0 Å². The fraction of sp³-hybridized carbons (Fsp3) is 0.304. The largest absolute Gasteiger partial charge is 0.497 e. The van der Waals surface area contributed by atoms with E-state index >= 15 is 0 Å². The Morgan fingerprint density at radius 3 is 2.41 bits per heavy atom. The van der Waals surface area contributed by atoms with E-state index in [2.05, 4.69) is 0 Å². The van der Waals surface area contributed by atoms with Crippen molar-refractivity contribution >= 4 is 28.1 Å². The lowest BCUT2D eigenvalue weighted by atomic mass is 9.99. The van der Waals surface area contributed by atoms with Gasteiger partial charge in [-0.3, -0.25) is 0 Å². The molecule has 0 fully saturated rings. The lowest BCUT2D eigenvalue weighted by molar-refractivity contribution is 0.0186. The van der Waals surface area contributed by atoms with E-state index in [4.69, 9.17) is 21.4 Å². The minimum absolute atomic E-state index is 0.165. The molecule has 0 unspecified atom stereocenters. The van der Waals surface area contributed by atoms with E-state index in [0.29, 0.717) is 12.8 Å². The third kappa shape index (κ3) is 5.48. The van der Waals surface area contributed by atoms with E-state index in [1.807, 2.05) is 24.3 Å². The first-order valence-corrected chi connectivity index (χ1v) is 9.77. The maximum Gasteiger partial charge on any atom is 0.336 e. The molecule has 0 bridgehead atoms. The topological polar surface area (TPSA) is 39.4 Å². The molecule has 0 aliphatic carbocycles. The molecule has 3 aromatic rings. The van der Waals surface area contributed by atoms with E-state index in [-0.39, 0.29) is 16.5 Å². The Morgan fingerprint density at radius 1 is 1.07 bits per heavy atom. The van der Waals surface area contributed by atoms with Gasteiger partial charge in [0, 0.05) is 23.9 Å². The van der Waals surface area contributed by atoms with Crippen molar-refractivity contribution in [3.8, 4) is 5.75 Å². The monoisotopic (exact) mass is 416 g/mol. The van der Waals surface area contributed by atoms with Gasteiger partial charge >= 0.3 is 5.63 Å². The number of alkyl halides is 2. The van der Waals surface area contributed by atoms with Crippen LogP contribution in [0.5, 0.6) is 5.75 Å². The Morgan fingerprint density at radius 2 is 1.76 bits per heavy atom. The van der Waals surface area contributed by atoms with Crippen LogP contribution >= 0.6 is 12.2 Å². The molecule has 0 amide bonds. The van der Waals surface area contributed by atoms with Crippen LogP contribution in [-0.2, 0) is 18.8 Å². The van der Waals surface area contributed by atoms with Crippen LogP contribution in [0.2, 0.25) is 0 Å². The highest BCUT2D eigenvalue weighted by Crippen LogP contribution is 2.32. The quantitative estimate of drug-likeness (QED) is 0.341. The highest BCUT2D eigenvalue weighted by atomic mass is 32.1. The van der Waals surface area contributed by atoms with Gasteiger partial charge in [0.25, 0.3) is 5.92 Å². The normalized spacial score (nSPS) is 11.6. The summed E-state index contributed by atoms with van der Waals surface area (Å²) in [5.74, 6) is -2.31. The Bertz CT molecular complexity index is 1080. The van der Waals surface area contributed by atoms with Crippen LogP contribution in [0, 0.1) is 0 Å². The molecule has 3 rings (SSSR count). The molecule has 0 spiro atoms. The SMILES string of the molecule is COc1cccc(CCC(=S)CCc2ccc3oc(=O)cc(C(C)(F)F)c3c2)c1. The van der Waals surface area contributed by atoms with Crippen molar-refractivity contribution < 1.29 is 17.9 Å². The minimum Gasteiger partial charge on any atom is -0.497 e. The molecule has 6 heteroatoms. The van der Waals surface area contributed by atoms with Crippen molar-refractivity contribution in [3.63, 3.8) is 0 Å². The Hall–Kier alpha value is -2.60. The number of rotatable bonds is 8. The van der Waals surface area contributed by atoms with Crippen molar-refractivity contribution in [2.45, 2.75) is 38.5 Å². The number of halogens is 2. The number of fused-ring (bicyclic) bond motifs is 1. The van der Waals surface area contributed by atoms with Crippen molar-refractivity contribution in [1.29, 1.82) is 0 Å². The molecule has 29 heavy (non-hydrogen) atoms. The number of benzene rings is 2. The summed E-state index contributed by atoms with van der Waals surface area (Å²) in [6.45, 7) is 0.779. The number of thiocarbonyl (C=S) groups is 1. The van der Waals surface area contributed by atoms with Gasteiger partial charge in [-0.25, -0.2) is 13.6 Å². The molecule has 0 aliphatic rings. The van der Waals surface area contributed by atoms with Crippen LogP contribution in [-0.4, -0.2) is 12.0 Å². The second kappa shape index (κ2) is 8.82. The van der Waals surface area contributed by atoms with Gasteiger partial charge in [-0.15, -0.1) is 0 Å². The molecular weight excluding hydrogens is 394 g/mol. The lowest BCUT2D eigenvalue weighted by Gasteiger charge is -2.13. The molecule has 0 atom stereocenters. The van der Waals surface area contributed by atoms with Crippen LogP contribution < -0.4 is 10.4 Å². The third-order valence-electron chi connectivity index (χ3n) is 4.80. The summed E-state index contributed by atoms with van der Waals surface area (Å²) in [6.07, 6.45) is 2.91. The molecule has 2 aromatic carbocycles. The van der Waals surface area contributed by atoms with E-state index in [1.165, 1.54) is 0 Å². The zero-order valence-electron chi connectivity index (χ0n) is 16.3. The standard InChI is InChI=1S/C23H22F2O3S/c1-23(24,25)20-14-22(26)28-21-11-8-16(13-19(20)21)7-10-18(29)9-6-15-4-3-5-17(12-15)27-2/h3-5,8,11-14H,6-7,9-10H2,1-2H3. The molecule has 3 nitrogen and oxygen atoms in total. The van der Waals surface area contributed by atoms with E-state index in [1.54, 1.807) is 25.3 Å². The number of hydrogen-bond acceptors (Lipinski definition) is 4. The Balaban J connectivity index is 1.68. The predicted molar refractivity (Wildman–Crippen MR) is 114 cm³/mol. The van der Waals surface area contributed by atoms with Gasteiger partial charge in [0.1, 0.15) is 11.3 Å². The van der Waals surface area contributed by atoms with Crippen molar-refractivity contribution in [1.82, 2.24) is 0 Å². The summed E-state index contributed by atoms with van der Waals surface area (Å²) >= 11 is 5.50. The van der Waals surface area contributed by atoms with E-state index < -0.39 is 11.5 Å². The molecule has 0 saturated heterocycles. The van der Waals surface area contributed by atoms with Crippen LogP contribution in [0.25, 0.3) is 11.0 Å². The minimum atomic E-state index is -3.13. The van der Waals surface area contributed by atoms with Gasteiger partial charge in [0.05, 0.1) is 7.11 Å². The second-order valence-corrected chi connectivity index (χ2v) is 7.67. The Labute approximate surface area is 173 Å². The van der Waals surface area contributed by atoms with Gasteiger partial charge in [0.2, 0.25) is 0 Å². The van der Waals surface area contributed by atoms with Gasteiger partial charge in [-0.05, 0) is 65.9 Å². The van der Waals surface area contributed by atoms with E-state index in [9.17, 15) is 13.6 Å². The van der Waals surface area contributed by atoms with Gasteiger partial charge in [-0.2, -0.15) is 0 Å². The average molecular weight is 416 g/mol. The van der Waals surface area contributed by atoms with Gasteiger partial charge in [0.15, 0.2) is 0 Å². The third-order valence-corrected chi connectivity index (χ3v) is 5.21. The van der Waals surface area contributed by atoms with Crippen LogP contribution in [0.4, 0.5) is 8.78 Å². The first-order valence-electron chi connectivity index (χ1n) is 9.36. The molecule has 0 aliphatic heterocycles. The zero-order valence-corrected chi connectivity index (χ0v) is 17.2. The maximum absolute atomic E-state index is 13.9. The highest BCUT2D eigenvalue weighted by molar-refractivity contribution is 7.80. The molecule has 152 valence electrons. The zero-order chi connectivity index (χ0) is 21.0. The second-order valence-electron chi connectivity index (χ2n) is 7.09. The predicted octanol–water partition coefficient (Wildman–Crippen LogP) is 5.85. The molecule has 1 heterocycles. The van der Waals surface area contributed by atoms with Gasteiger partial charge < -0.3 is 9.15 Å².